The summed E-state index contributed by atoms with van der Waals surface area (Å²) < 4.78 is 141. The van der Waals surface area contributed by atoms with Crippen molar-refractivity contribution in [2.75, 3.05) is 26.2 Å². The second-order valence-corrected chi connectivity index (χ2v) is 11.3. The smallest absolute Gasteiger partial charge is 0.336 e. The van der Waals surface area contributed by atoms with Gasteiger partial charge in [0.05, 0.1) is 8.30 Å². The molecular formula is C36H38F4N4O2S. The summed E-state index contributed by atoms with van der Waals surface area (Å²) in [6.45, 7) is 1.20. The number of fused-ring (bicyclic) bond motifs is 1. The van der Waals surface area contributed by atoms with Crippen LogP contribution < -0.4 is 5.56 Å². The highest BCUT2D eigenvalue weighted by molar-refractivity contribution is 7.98. The van der Waals surface area contributed by atoms with E-state index in [1.54, 1.807) is 24.3 Å². The molecule has 6 nitrogen and oxygen atoms in total. The van der Waals surface area contributed by atoms with E-state index >= 15 is 0 Å². The van der Waals surface area contributed by atoms with Crippen LogP contribution in [-0.4, -0.2) is 51.4 Å². The molecule has 1 amide bonds. The van der Waals surface area contributed by atoms with Crippen LogP contribution in [0.15, 0.2) is 82.7 Å². The van der Waals surface area contributed by atoms with Crippen molar-refractivity contribution in [1.29, 1.82) is 0 Å². The number of alkyl halides is 3. The second-order valence-electron chi connectivity index (χ2n) is 10.5. The Bertz CT molecular complexity index is 2170. The molecule has 1 heterocycles. The molecule has 1 aliphatic carbocycles. The number of amides is 1. The summed E-state index contributed by atoms with van der Waals surface area (Å²) in [7, 11) is 0. The molecule has 0 saturated heterocycles. The van der Waals surface area contributed by atoms with Crippen molar-refractivity contribution in [2.24, 2.45) is 0 Å². The van der Waals surface area contributed by atoms with Gasteiger partial charge in [0.1, 0.15) is 12.3 Å². The van der Waals surface area contributed by atoms with Gasteiger partial charge in [-0.15, -0.1) is 0 Å². The van der Waals surface area contributed by atoms with Crippen LogP contribution in [0.2, 0.25) is 0 Å². The number of thioether (sulfide) groups is 1. The maximum Gasteiger partial charge on any atom is 0.416 e. The van der Waals surface area contributed by atoms with Crippen LogP contribution in [0.25, 0.3) is 11.1 Å². The van der Waals surface area contributed by atoms with Crippen molar-refractivity contribution in [3.8, 4) is 11.1 Å². The lowest BCUT2D eigenvalue weighted by atomic mass is 10.0. The van der Waals surface area contributed by atoms with E-state index in [4.69, 9.17) is 11.0 Å². The standard InChI is InChI=1S/C36H38F4N4O2S/c1-3-42(4-2)20-21-43(22-25-8-12-27(13-9-25)28-14-16-29(17-15-28)36(38,39)40)33(45)23-44-32-7-5-6-31(32)34(46)41-35(44)47-24-26-10-18-30(37)19-11-26/h8-19H,3-7,20-24H2,1-2H3/i5D2,6D2,7D2,23D2,24D2. The Kier molecular flexibility index (Phi) is 7.61. The number of rotatable bonds is 13. The molecule has 0 aliphatic heterocycles. The number of aromatic nitrogens is 2. The van der Waals surface area contributed by atoms with E-state index in [-0.39, 0.29) is 41.5 Å². The van der Waals surface area contributed by atoms with E-state index in [1.165, 1.54) is 12.1 Å². The van der Waals surface area contributed by atoms with Gasteiger partial charge in [-0.3, -0.25) is 9.59 Å². The lowest BCUT2D eigenvalue weighted by molar-refractivity contribution is -0.137. The molecule has 11 heteroatoms. The molecule has 0 radical (unpaired) electrons. The average molecular weight is 677 g/mol. The summed E-state index contributed by atoms with van der Waals surface area (Å²) in [5.41, 5.74) is -6.02. The molecule has 0 spiro atoms. The average Bonchev–Trinajstić information content (AvgIpc) is 3.24. The van der Waals surface area contributed by atoms with Crippen molar-refractivity contribution in [3.05, 3.63) is 117 Å². The predicted octanol–water partition coefficient (Wildman–Crippen LogP) is 7.22. The van der Waals surface area contributed by atoms with Crippen molar-refractivity contribution in [1.82, 2.24) is 19.4 Å². The fourth-order valence-corrected chi connectivity index (χ4v) is 5.48. The minimum Gasteiger partial charge on any atom is -0.336 e. The van der Waals surface area contributed by atoms with Crippen LogP contribution in [0.3, 0.4) is 0 Å². The quantitative estimate of drug-likeness (QED) is 0.0851. The molecule has 5 rings (SSSR count). The summed E-state index contributed by atoms with van der Waals surface area (Å²) in [4.78, 5) is 34.9. The summed E-state index contributed by atoms with van der Waals surface area (Å²) >= 11 is 0.0696. The minimum absolute atomic E-state index is 0.0696. The number of carbonyl (C=O) groups excluding carboxylic acids is 1. The van der Waals surface area contributed by atoms with Crippen LogP contribution in [-0.2, 0) is 42.5 Å². The number of carbonyl (C=O) groups is 1. The molecule has 1 aromatic heterocycles. The molecule has 3 aromatic carbocycles. The molecule has 248 valence electrons. The maximum atomic E-state index is 14.7. The van der Waals surface area contributed by atoms with E-state index in [2.05, 4.69) is 4.98 Å². The van der Waals surface area contributed by atoms with Gasteiger partial charge in [0, 0.05) is 47.6 Å². The number of hydrogen-bond donors (Lipinski definition) is 0. The lowest BCUT2D eigenvalue weighted by Gasteiger charge is -2.28. The molecule has 0 atom stereocenters. The number of hydrogen-bond acceptors (Lipinski definition) is 5. The zero-order valence-electron chi connectivity index (χ0n) is 35.5. The third kappa shape index (κ3) is 8.70. The predicted molar refractivity (Wildman–Crippen MR) is 177 cm³/mol. The van der Waals surface area contributed by atoms with Gasteiger partial charge in [0.2, 0.25) is 5.91 Å². The van der Waals surface area contributed by atoms with E-state index in [0.717, 1.165) is 41.3 Å². The van der Waals surface area contributed by atoms with Crippen LogP contribution in [0.5, 0.6) is 0 Å². The van der Waals surface area contributed by atoms with Crippen LogP contribution in [0.1, 0.15) is 61.9 Å². The zero-order chi connectivity index (χ0) is 42.5. The molecular weight excluding hydrogens is 628 g/mol. The molecule has 1 aliphatic rings. The van der Waals surface area contributed by atoms with Crippen molar-refractivity contribution in [3.63, 3.8) is 0 Å². The molecule has 0 saturated carbocycles. The van der Waals surface area contributed by atoms with Gasteiger partial charge < -0.3 is 14.4 Å². The van der Waals surface area contributed by atoms with Crippen LogP contribution in [0.4, 0.5) is 17.6 Å². The maximum absolute atomic E-state index is 14.7. The van der Waals surface area contributed by atoms with Gasteiger partial charge >= 0.3 is 6.18 Å². The minimum atomic E-state index is -4.52. The van der Waals surface area contributed by atoms with E-state index < -0.39 is 76.8 Å². The van der Waals surface area contributed by atoms with Gasteiger partial charge in [0.25, 0.3) is 5.56 Å². The van der Waals surface area contributed by atoms with Gasteiger partial charge in [-0.25, -0.2) is 4.39 Å². The second kappa shape index (κ2) is 15.3. The van der Waals surface area contributed by atoms with Crippen molar-refractivity contribution >= 4 is 17.7 Å². The third-order valence-corrected chi connectivity index (χ3v) is 8.28. The Morgan fingerprint density at radius 1 is 0.936 bits per heavy atom. The SMILES string of the molecule is [2H]C([2H])(Sc1nc(=O)c2c(n1C([2H])([2H])C(=O)N(CCN(CC)CC)Cc1ccc(-c3ccc(C(F)(F)F)cc3)cc1)C([2H])([2H])C([2H])([2H])C2([2H])[2H])c1ccc(F)cc1. The zero-order valence-corrected chi connectivity index (χ0v) is 26.3. The summed E-state index contributed by atoms with van der Waals surface area (Å²) in [5.74, 6) is -2.05. The highest BCUT2D eigenvalue weighted by Gasteiger charge is 2.30. The van der Waals surface area contributed by atoms with Crippen molar-refractivity contribution in [2.45, 2.75) is 63.0 Å². The molecule has 0 fully saturated rings. The van der Waals surface area contributed by atoms with Gasteiger partial charge in [-0.05, 0) is 78.7 Å². The summed E-state index contributed by atoms with van der Waals surface area (Å²) in [6, 6.07) is 14.9. The first-order valence-electron chi connectivity index (χ1n) is 19.7. The third-order valence-electron chi connectivity index (χ3n) is 7.48. The van der Waals surface area contributed by atoms with Crippen LogP contribution in [0, 0.1) is 5.82 Å². The molecule has 0 unspecified atom stereocenters. The van der Waals surface area contributed by atoms with E-state index in [1.807, 2.05) is 18.7 Å². The Morgan fingerprint density at radius 3 is 2.17 bits per heavy atom. The van der Waals surface area contributed by atoms with Crippen LogP contribution >= 0.6 is 11.8 Å². The Balaban J connectivity index is 1.63. The van der Waals surface area contributed by atoms with Gasteiger partial charge in [-0.1, -0.05) is 74.1 Å². The van der Waals surface area contributed by atoms with Gasteiger partial charge in [-0.2, -0.15) is 18.2 Å². The number of halogens is 4. The van der Waals surface area contributed by atoms with Gasteiger partial charge in [0.15, 0.2) is 5.16 Å². The summed E-state index contributed by atoms with van der Waals surface area (Å²) in [5, 5.41) is -0.909. The Hall–Kier alpha value is -3.96. The highest BCUT2D eigenvalue weighted by Crippen LogP contribution is 2.31. The first kappa shape index (κ1) is 23.4. The molecule has 47 heavy (non-hydrogen) atoms. The monoisotopic (exact) mass is 676 g/mol. The lowest BCUT2D eigenvalue weighted by Crippen LogP contribution is -2.40. The number of likely N-dealkylation sites (N-methyl/N-ethyl adjacent to an activating group) is 1. The Labute approximate surface area is 290 Å². The molecule has 0 N–H and O–H groups in total. The Morgan fingerprint density at radius 2 is 1.55 bits per heavy atom. The first-order valence-corrected chi connectivity index (χ1v) is 15.5. The first-order chi connectivity index (χ1) is 26.3. The fourth-order valence-electron chi connectivity index (χ4n) is 4.78. The van der Waals surface area contributed by atoms with Crippen molar-refractivity contribution < 1.29 is 36.1 Å². The number of benzene rings is 3. The summed E-state index contributed by atoms with van der Waals surface area (Å²) in [6.07, 6.45) is -14.9. The molecule has 4 aromatic rings. The van der Waals surface area contributed by atoms with E-state index in [9.17, 15) is 29.9 Å². The topological polar surface area (TPSA) is 58.4 Å². The highest BCUT2D eigenvalue weighted by atomic mass is 32.2. The number of nitrogens with zero attached hydrogens (tertiary/aromatic N) is 4. The van der Waals surface area contributed by atoms with E-state index in [0.29, 0.717) is 29.8 Å². The fraction of sp³-hybridized carbons (Fsp3) is 0.361. The molecule has 0 bridgehead atoms. The normalized spacial score (nSPS) is 19.8. The largest absolute Gasteiger partial charge is 0.416 e.